The number of rotatable bonds is 4. The molecule has 11 heteroatoms. The molecule has 2 heterocycles. The number of benzene rings is 3. The number of ether oxygens (including phenoxy) is 3. The highest BCUT2D eigenvalue weighted by Gasteiger charge is 2.40. The predicted octanol–water partition coefficient (Wildman–Crippen LogP) is 4.66. The quantitative estimate of drug-likeness (QED) is 0.383. The van der Waals surface area contributed by atoms with Crippen LogP contribution in [0.15, 0.2) is 78.9 Å². The maximum atomic E-state index is 14.1. The van der Waals surface area contributed by atoms with Gasteiger partial charge in [0.15, 0.2) is 0 Å². The largest absolute Gasteiger partial charge is 0.491 e. The number of nitrogens with zero attached hydrogens (tertiary/aromatic N) is 1. The molecule has 1 fully saturated rings. The van der Waals surface area contributed by atoms with E-state index in [9.17, 15) is 19.2 Å². The van der Waals surface area contributed by atoms with Crippen LogP contribution in [0.2, 0.25) is 0 Å². The highest BCUT2D eigenvalue weighted by atomic mass is 16.6. The number of amides is 4. The first-order chi connectivity index (χ1) is 22.1. The van der Waals surface area contributed by atoms with E-state index in [1.165, 1.54) is 0 Å². The average molecular weight is 629 g/mol. The minimum atomic E-state index is -1.02. The fourth-order valence-corrected chi connectivity index (χ4v) is 5.59. The summed E-state index contributed by atoms with van der Waals surface area (Å²) in [5.41, 5.74) is 2.13. The first-order valence-corrected chi connectivity index (χ1v) is 15.4. The Hall–Kier alpha value is -5.06. The van der Waals surface area contributed by atoms with Crippen LogP contribution in [0.3, 0.4) is 0 Å². The van der Waals surface area contributed by atoms with Crippen LogP contribution in [-0.2, 0) is 20.9 Å². The summed E-state index contributed by atoms with van der Waals surface area (Å²) in [6, 6.07) is 22.1. The Bertz CT molecular complexity index is 1560. The minimum Gasteiger partial charge on any atom is -0.491 e. The van der Waals surface area contributed by atoms with E-state index in [-0.39, 0.29) is 44.5 Å². The van der Waals surface area contributed by atoms with Gasteiger partial charge in [0.25, 0.3) is 5.91 Å². The molecule has 0 saturated carbocycles. The molecule has 3 atom stereocenters. The van der Waals surface area contributed by atoms with Crippen molar-refractivity contribution in [3.05, 3.63) is 90.0 Å². The summed E-state index contributed by atoms with van der Waals surface area (Å²) in [6.07, 6.45) is -0.824. The van der Waals surface area contributed by atoms with Crippen molar-refractivity contribution in [3.8, 4) is 16.9 Å². The molecule has 2 aliphatic heterocycles. The molecular formula is C35H40N4O7. The zero-order chi connectivity index (χ0) is 32.7. The molecule has 0 aliphatic carbocycles. The molecule has 0 unspecified atom stereocenters. The van der Waals surface area contributed by atoms with Crippen molar-refractivity contribution < 1.29 is 33.4 Å². The van der Waals surface area contributed by atoms with Crippen molar-refractivity contribution in [2.24, 2.45) is 0 Å². The number of hydrogen-bond acceptors (Lipinski definition) is 7. The van der Waals surface area contributed by atoms with Crippen LogP contribution in [0.4, 0.5) is 9.59 Å². The number of alkyl carbamates (subject to hydrolysis) is 2. The van der Waals surface area contributed by atoms with Gasteiger partial charge in [-0.15, -0.1) is 0 Å². The lowest BCUT2D eigenvalue weighted by Crippen LogP contribution is -2.52. The van der Waals surface area contributed by atoms with Crippen LogP contribution in [0.1, 0.15) is 49.5 Å². The van der Waals surface area contributed by atoms with Gasteiger partial charge in [-0.05, 0) is 68.5 Å². The monoisotopic (exact) mass is 628 g/mol. The van der Waals surface area contributed by atoms with Gasteiger partial charge in [0, 0.05) is 18.7 Å². The zero-order valence-electron chi connectivity index (χ0n) is 26.3. The topological polar surface area (TPSA) is 135 Å². The molecule has 5 rings (SSSR count). The van der Waals surface area contributed by atoms with E-state index in [2.05, 4.69) is 16.0 Å². The van der Waals surface area contributed by atoms with Gasteiger partial charge in [0.05, 0.1) is 12.1 Å². The van der Waals surface area contributed by atoms with E-state index in [0.29, 0.717) is 17.7 Å². The molecule has 3 N–H and O–H groups in total. The first kappa shape index (κ1) is 32.3. The highest BCUT2D eigenvalue weighted by molar-refractivity contribution is 6.01. The van der Waals surface area contributed by atoms with Gasteiger partial charge in [0.1, 0.15) is 30.6 Å². The lowest BCUT2D eigenvalue weighted by molar-refractivity contribution is -0.135. The summed E-state index contributed by atoms with van der Waals surface area (Å²) in [5.74, 6) is -0.120. The third kappa shape index (κ3) is 8.56. The first-order valence-electron chi connectivity index (χ1n) is 15.4. The van der Waals surface area contributed by atoms with Crippen molar-refractivity contribution in [2.45, 2.75) is 63.9 Å². The second-order valence-electron chi connectivity index (χ2n) is 12.4. The summed E-state index contributed by atoms with van der Waals surface area (Å²) in [5, 5.41) is 8.50. The van der Waals surface area contributed by atoms with Crippen LogP contribution < -0.4 is 20.7 Å². The Kier molecular flexibility index (Phi) is 10.1. The lowest BCUT2D eigenvalue weighted by atomic mass is 9.99. The van der Waals surface area contributed by atoms with Gasteiger partial charge < -0.3 is 35.1 Å². The van der Waals surface area contributed by atoms with Crippen LogP contribution >= 0.6 is 0 Å². The van der Waals surface area contributed by atoms with Crippen molar-refractivity contribution in [1.82, 2.24) is 20.9 Å². The Morgan fingerprint density at radius 2 is 1.67 bits per heavy atom. The molecule has 242 valence electrons. The molecule has 2 bridgehead atoms. The molecule has 0 radical (unpaired) electrons. The fraction of sp³-hybridized carbons (Fsp3) is 0.371. The van der Waals surface area contributed by atoms with Crippen LogP contribution in [0.25, 0.3) is 11.1 Å². The average Bonchev–Trinajstić information content (AvgIpc) is 3.43. The number of carbonyl (C=O) groups is 4. The van der Waals surface area contributed by atoms with Crippen LogP contribution in [0, 0.1) is 0 Å². The Balaban J connectivity index is 1.40. The molecule has 4 amide bonds. The van der Waals surface area contributed by atoms with Crippen LogP contribution in [-0.4, -0.2) is 72.3 Å². The second kappa shape index (κ2) is 14.4. The highest BCUT2D eigenvalue weighted by Crippen LogP contribution is 2.29. The van der Waals surface area contributed by atoms with E-state index in [4.69, 9.17) is 14.2 Å². The Morgan fingerprint density at radius 3 is 2.43 bits per heavy atom. The standard InChI is InChI=1S/C35H40N4O7/c1-35(2,3)46-34(43)37-25-19-26-22-44-27-13-9-12-24(18-27)28-14-7-8-15-29(28)31(40)36-17-16-30(32(41)39(26)20-25)38-33(42)45-21-23-10-5-4-6-11-23/h4-15,18,25-26,30H,16-17,19-22H2,1-3H3,(H,36,40)(H,37,43)(H,38,42)/t25-,26-,30+/m0/s1. The summed E-state index contributed by atoms with van der Waals surface area (Å²) < 4.78 is 17.1. The molecule has 46 heavy (non-hydrogen) atoms. The molecule has 3 aromatic rings. The Morgan fingerprint density at radius 1 is 0.935 bits per heavy atom. The molecule has 1 saturated heterocycles. The number of hydrogen-bond donors (Lipinski definition) is 3. The third-order valence-electron chi connectivity index (χ3n) is 7.70. The second-order valence-corrected chi connectivity index (χ2v) is 12.4. The van der Waals surface area contributed by atoms with E-state index in [0.717, 1.165) is 16.7 Å². The SMILES string of the molecule is CC(C)(C)OC(=O)N[C@H]1C[C@H]2COc3cccc(c3)-c3ccccc3C(=O)NCC[C@@H](NC(=O)OCc3ccccc3)C(=O)N2C1. The summed E-state index contributed by atoms with van der Waals surface area (Å²) in [4.78, 5) is 54.6. The molecule has 0 spiro atoms. The van der Waals surface area contributed by atoms with Crippen molar-refractivity contribution in [3.63, 3.8) is 0 Å². The number of nitrogens with one attached hydrogen (secondary N) is 3. The summed E-state index contributed by atoms with van der Waals surface area (Å²) >= 11 is 0. The van der Waals surface area contributed by atoms with Gasteiger partial charge in [0.2, 0.25) is 5.91 Å². The number of carbonyl (C=O) groups excluding carboxylic acids is 4. The zero-order valence-corrected chi connectivity index (χ0v) is 26.3. The van der Waals surface area contributed by atoms with E-state index >= 15 is 0 Å². The molecule has 11 nitrogen and oxygen atoms in total. The normalized spacial score (nSPS) is 20.1. The molecular weight excluding hydrogens is 588 g/mol. The maximum Gasteiger partial charge on any atom is 0.408 e. The fourth-order valence-electron chi connectivity index (χ4n) is 5.59. The minimum absolute atomic E-state index is 0.0294. The molecule has 2 aliphatic rings. The summed E-state index contributed by atoms with van der Waals surface area (Å²) in [7, 11) is 0. The maximum absolute atomic E-state index is 14.1. The predicted molar refractivity (Wildman–Crippen MR) is 171 cm³/mol. The molecule has 0 aromatic heterocycles. The van der Waals surface area contributed by atoms with E-state index in [1.54, 1.807) is 37.8 Å². The van der Waals surface area contributed by atoms with E-state index < -0.39 is 35.9 Å². The molecule has 3 aromatic carbocycles. The van der Waals surface area contributed by atoms with Gasteiger partial charge in [-0.2, -0.15) is 0 Å². The van der Waals surface area contributed by atoms with Gasteiger partial charge in [-0.1, -0.05) is 60.7 Å². The third-order valence-corrected chi connectivity index (χ3v) is 7.70. The van der Waals surface area contributed by atoms with Crippen LogP contribution in [0.5, 0.6) is 5.75 Å². The van der Waals surface area contributed by atoms with E-state index in [1.807, 2.05) is 66.7 Å². The number of fused-ring (bicyclic) bond motifs is 5. The van der Waals surface area contributed by atoms with Gasteiger partial charge in [-0.25, -0.2) is 9.59 Å². The van der Waals surface area contributed by atoms with Gasteiger partial charge >= 0.3 is 12.2 Å². The van der Waals surface area contributed by atoms with Gasteiger partial charge in [-0.3, -0.25) is 9.59 Å². The van der Waals surface area contributed by atoms with Crippen molar-refractivity contribution in [2.75, 3.05) is 19.7 Å². The van der Waals surface area contributed by atoms with Crippen molar-refractivity contribution >= 4 is 24.0 Å². The smallest absolute Gasteiger partial charge is 0.408 e. The summed E-state index contributed by atoms with van der Waals surface area (Å²) in [6.45, 7) is 5.80. The van der Waals surface area contributed by atoms with Crippen molar-refractivity contribution in [1.29, 1.82) is 0 Å². The lowest BCUT2D eigenvalue weighted by Gasteiger charge is -2.29. The Labute approximate surface area is 268 Å².